The van der Waals surface area contributed by atoms with Gasteiger partial charge in [0.05, 0.1) is 0 Å². The van der Waals surface area contributed by atoms with Gasteiger partial charge in [0.1, 0.15) is 5.78 Å². The van der Waals surface area contributed by atoms with E-state index < -0.39 is 0 Å². The lowest BCUT2D eigenvalue weighted by Crippen LogP contribution is -2.13. The molecule has 0 aromatic carbocycles. The Morgan fingerprint density at radius 2 is 1.47 bits per heavy atom. The molecule has 1 atom stereocenters. The van der Waals surface area contributed by atoms with Gasteiger partial charge in [-0.3, -0.25) is 4.79 Å². The summed E-state index contributed by atoms with van der Waals surface area (Å²) in [6, 6.07) is 0. The molecule has 110 valence electrons. The van der Waals surface area contributed by atoms with Crippen LogP contribution in [0.3, 0.4) is 0 Å². The predicted octanol–water partition coefficient (Wildman–Crippen LogP) is 5.83. The first-order chi connectivity index (χ1) is 9.34. The van der Waals surface area contributed by atoms with Crippen molar-refractivity contribution >= 4 is 5.78 Å². The van der Waals surface area contributed by atoms with Gasteiger partial charge in [0.15, 0.2) is 0 Å². The summed E-state index contributed by atoms with van der Waals surface area (Å²) < 4.78 is 0. The van der Waals surface area contributed by atoms with Crippen molar-refractivity contribution in [2.45, 2.75) is 90.4 Å². The second-order valence-electron chi connectivity index (χ2n) is 5.99. The minimum absolute atomic E-state index is 0.350. The Kier molecular flexibility index (Phi) is 9.75. The van der Waals surface area contributed by atoms with Gasteiger partial charge in [-0.2, -0.15) is 0 Å². The van der Waals surface area contributed by atoms with Crippen LogP contribution in [-0.2, 0) is 4.79 Å². The van der Waals surface area contributed by atoms with Crippen molar-refractivity contribution < 1.29 is 4.79 Å². The minimum atomic E-state index is 0.350. The molecule has 1 nitrogen and oxygen atoms in total. The fourth-order valence-electron chi connectivity index (χ4n) is 2.95. The van der Waals surface area contributed by atoms with Crippen LogP contribution in [0.15, 0.2) is 12.2 Å². The molecule has 0 saturated carbocycles. The van der Waals surface area contributed by atoms with Crippen molar-refractivity contribution in [2.24, 2.45) is 5.92 Å². The molecule has 0 heterocycles. The van der Waals surface area contributed by atoms with Crippen LogP contribution in [0.5, 0.6) is 0 Å². The lowest BCUT2D eigenvalue weighted by molar-refractivity contribution is -0.123. The molecule has 1 aliphatic carbocycles. The van der Waals surface area contributed by atoms with Gasteiger partial charge in [0.2, 0.25) is 0 Å². The lowest BCUT2D eigenvalue weighted by Gasteiger charge is -2.13. The summed E-state index contributed by atoms with van der Waals surface area (Å²) in [5, 5.41) is 0. The van der Waals surface area contributed by atoms with E-state index >= 15 is 0 Å². The monoisotopic (exact) mass is 264 g/mol. The Morgan fingerprint density at radius 3 is 2.16 bits per heavy atom. The first-order valence-corrected chi connectivity index (χ1v) is 8.52. The standard InChI is InChI=1S/C18H32O/c1-2-17-15-13-11-9-7-5-3-4-6-8-10-12-14-16-18(17)19/h3,5,17H,2,4,6-16H2,1H3. The molecule has 0 fully saturated rings. The maximum Gasteiger partial charge on any atom is 0.135 e. The van der Waals surface area contributed by atoms with Gasteiger partial charge in [0.25, 0.3) is 0 Å². The largest absolute Gasteiger partial charge is 0.299 e. The predicted molar refractivity (Wildman–Crippen MR) is 83.3 cm³/mol. The molecule has 0 radical (unpaired) electrons. The lowest BCUT2D eigenvalue weighted by atomic mass is 9.91. The molecule has 0 spiro atoms. The molecule has 1 aliphatic rings. The van der Waals surface area contributed by atoms with E-state index in [9.17, 15) is 4.79 Å². The highest BCUT2D eigenvalue weighted by atomic mass is 16.1. The van der Waals surface area contributed by atoms with Gasteiger partial charge in [-0.05, 0) is 44.9 Å². The third kappa shape index (κ3) is 8.23. The quantitative estimate of drug-likeness (QED) is 0.544. The zero-order valence-electron chi connectivity index (χ0n) is 12.8. The fourth-order valence-corrected chi connectivity index (χ4v) is 2.95. The van der Waals surface area contributed by atoms with Gasteiger partial charge in [-0.1, -0.05) is 51.2 Å². The molecular formula is C18H32O. The number of carbonyl (C=O) groups is 1. The molecular weight excluding hydrogens is 232 g/mol. The van der Waals surface area contributed by atoms with E-state index in [4.69, 9.17) is 0 Å². The molecule has 0 aromatic heterocycles. The van der Waals surface area contributed by atoms with Crippen LogP contribution >= 0.6 is 0 Å². The maximum absolute atomic E-state index is 12.1. The first-order valence-electron chi connectivity index (χ1n) is 8.52. The SMILES string of the molecule is CCC1CCCCCC=CCCCCCCCC1=O. The van der Waals surface area contributed by atoms with E-state index in [1.54, 1.807) is 0 Å². The van der Waals surface area contributed by atoms with Crippen LogP contribution in [-0.4, -0.2) is 5.78 Å². The number of allylic oxidation sites excluding steroid dienone is 2. The zero-order chi connectivity index (χ0) is 13.8. The molecule has 0 N–H and O–H groups in total. The van der Waals surface area contributed by atoms with Gasteiger partial charge in [-0.15, -0.1) is 0 Å². The second-order valence-corrected chi connectivity index (χ2v) is 5.99. The fraction of sp³-hybridized carbons (Fsp3) is 0.833. The Balaban J connectivity index is 2.34. The number of ketones is 1. The van der Waals surface area contributed by atoms with E-state index in [0.717, 1.165) is 25.7 Å². The molecule has 0 aromatic rings. The zero-order valence-corrected chi connectivity index (χ0v) is 12.8. The average Bonchev–Trinajstić information content (AvgIpc) is 2.42. The molecule has 0 bridgehead atoms. The van der Waals surface area contributed by atoms with Crippen LogP contribution < -0.4 is 0 Å². The molecule has 1 heteroatoms. The summed E-state index contributed by atoms with van der Waals surface area (Å²) in [6.45, 7) is 2.17. The average molecular weight is 264 g/mol. The van der Waals surface area contributed by atoms with Crippen LogP contribution in [0.4, 0.5) is 0 Å². The van der Waals surface area contributed by atoms with Crippen LogP contribution in [0, 0.1) is 5.92 Å². The van der Waals surface area contributed by atoms with E-state index in [2.05, 4.69) is 19.1 Å². The van der Waals surface area contributed by atoms with Crippen molar-refractivity contribution in [2.75, 3.05) is 0 Å². The summed E-state index contributed by atoms with van der Waals surface area (Å²) in [5.41, 5.74) is 0. The van der Waals surface area contributed by atoms with Crippen molar-refractivity contribution in [3.8, 4) is 0 Å². The van der Waals surface area contributed by atoms with Crippen molar-refractivity contribution in [1.82, 2.24) is 0 Å². The van der Waals surface area contributed by atoms with Crippen molar-refractivity contribution in [1.29, 1.82) is 0 Å². The van der Waals surface area contributed by atoms with Crippen molar-refractivity contribution in [3.05, 3.63) is 12.2 Å². The normalized spacial score (nSPS) is 25.3. The molecule has 1 unspecified atom stereocenters. The Hall–Kier alpha value is -0.590. The van der Waals surface area contributed by atoms with Crippen LogP contribution in [0.25, 0.3) is 0 Å². The van der Waals surface area contributed by atoms with Crippen LogP contribution in [0.2, 0.25) is 0 Å². The smallest absolute Gasteiger partial charge is 0.135 e. The van der Waals surface area contributed by atoms with E-state index in [-0.39, 0.29) is 0 Å². The number of hydrogen-bond acceptors (Lipinski definition) is 1. The number of rotatable bonds is 1. The van der Waals surface area contributed by atoms with Gasteiger partial charge >= 0.3 is 0 Å². The number of Topliss-reactive ketones (excluding diaryl/α,β-unsaturated/α-hetero) is 1. The number of carbonyl (C=O) groups excluding carboxylic acids is 1. The first kappa shape index (κ1) is 16.5. The summed E-state index contributed by atoms with van der Waals surface area (Å²) >= 11 is 0. The molecule has 19 heavy (non-hydrogen) atoms. The Bertz CT molecular complexity index is 254. The van der Waals surface area contributed by atoms with Crippen molar-refractivity contribution in [3.63, 3.8) is 0 Å². The second kappa shape index (κ2) is 11.3. The van der Waals surface area contributed by atoms with Gasteiger partial charge < -0.3 is 0 Å². The van der Waals surface area contributed by atoms with E-state index in [0.29, 0.717) is 11.7 Å². The highest BCUT2D eigenvalue weighted by Gasteiger charge is 2.15. The minimum Gasteiger partial charge on any atom is -0.299 e. The molecule has 0 aliphatic heterocycles. The van der Waals surface area contributed by atoms with Gasteiger partial charge in [0, 0.05) is 12.3 Å². The number of hydrogen-bond donors (Lipinski definition) is 0. The van der Waals surface area contributed by atoms with Gasteiger partial charge in [-0.25, -0.2) is 0 Å². The summed E-state index contributed by atoms with van der Waals surface area (Å²) in [4.78, 5) is 12.1. The molecule has 0 amide bonds. The Labute approximate surface area is 119 Å². The van der Waals surface area contributed by atoms with Crippen LogP contribution in [0.1, 0.15) is 90.4 Å². The summed E-state index contributed by atoms with van der Waals surface area (Å²) in [7, 11) is 0. The van der Waals surface area contributed by atoms with E-state index in [1.165, 1.54) is 57.8 Å². The highest BCUT2D eigenvalue weighted by Crippen LogP contribution is 2.19. The van der Waals surface area contributed by atoms with E-state index in [1.807, 2.05) is 0 Å². The third-order valence-corrected chi connectivity index (χ3v) is 4.33. The third-order valence-electron chi connectivity index (χ3n) is 4.33. The summed E-state index contributed by atoms with van der Waals surface area (Å²) in [6.07, 6.45) is 20.3. The Morgan fingerprint density at radius 1 is 0.895 bits per heavy atom. The topological polar surface area (TPSA) is 17.1 Å². The molecule has 1 rings (SSSR count). The molecule has 0 saturated heterocycles. The maximum atomic E-state index is 12.1. The highest BCUT2D eigenvalue weighted by molar-refractivity contribution is 5.80. The summed E-state index contributed by atoms with van der Waals surface area (Å²) in [5.74, 6) is 0.887.